The molecule has 1 rings (SSSR count). The van der Waals surface area contributed by atoms with Crippen LogP contribution in [0.5, 0.6) is 5.75 Å². The molecule has 3 heteroatoms. The van der Waals surface area contributed by atoms with Crippen LogP contribution >= 0.6 is 11.8 Å². The van der Waals surface area contributed by atoms with Crippen molar-refractivity contribution in [1.29, 1.82) is 0 Å². The first-order valence-electron chi connectivity index (χ1n) is 4.66. The van der Waals surface area contributed by atoms with Crippen LogP contribution in [-0.2, 0) is 0 Å². The highest BCUT2D eigenvalue weighted by Crippen LogP contribution is 2.25. The van der Waals surface area contributed by atoms with Crippen LogP contribution < -0.4 is 4.74 Å². The summed E-state index contributed by atoms with van der Waals surface area (Å²) in [5.74, 6) is 1.89. The fourth-order valence-electron chi connectivity index (χ4n) is 1.20. The molecule has 0 saturated heterocycles. The van der Waals surface area contributed by atoms with Crippen LogP contribution in [0.1, 0.15) is 12.0 Å². The second kappa shape index (κ2) is 5.94. The molecular weight excluding hydrogens is 196 g/mol. The number of ether oxygens (including phenoxy) is 1. The number of aliphatic hydroxyl groups excluding tert-OH is 1. The first-order valence-corrected chi connectivity index (χ1v) is 5.65. The molecule has 0 aliphatic rings. The number of methoxy groups -OCH3 is 1. The van der Waals surface area contributed by atoms with Gasteiger partial charge in [0.25, 0.3) is 0 Å². The van der Waals surface area contributed by atoms with E-state index in [2.05, 4.69) is 6.07 Å². The summed E-state index contributed by atoms with van der Waals surface area (Å²) in [6, 6.07) is 6.14. The van der Waals surface area contributed by atoms with Gasteiger partial charge < -0.3 is 9.84 Å². The lowest BCUT2D eigenvalue weighted by atomic mass is 10.2. The predicted molar refractivity (Wildman–Crippen MR) is 60.2 cm³/mol. The van der Waals surface area contributed by atoms with E-state index >= 15 is 0 Å². The second-order valence-electron chi connectivity index (χ2n) is 3.06. The average molecular weight is 212 g/mol. The molecule has 0 aromatic heterocycles. The summed E-state index contributed by atoms with van der Waals surface area (Å²) >= 11 is 1.76. The SMILES string of the molecule is COc1ccc(SCCCO)cc1C. The van der Waals surface area contributed by atoms with Crippen LogP contribution in [0.15, 0.2) is 23.1 Å². The summed E-state index contributed by atoms with van der Waals surface area (Å²) in [5.41, 5.74) is 1.15. The predicted octanol–water partition coefficient (Wildman–Crippen LogP) is 2.48. The number of hydrogen-bond acceptors (Lipinski definition) is 3. The van der Waals surface area contributed by atoms with Crippen molar-refractivity contribution in [2.45, 2.75) is 18.2 Å². The standard InChI is InChI=1S/C11H16O2S/c1-9-8-10(14-7-3-6-12)4-5-11(9)13-2/h4-5,8,12H,3,6-7H2,1-2H3. The minimum absolute atomic E-state index is 0.266. The molecule has 0 saturated carbocycles. The van der Waals surface area contributed by atoms with Gasteiger partial charge in [-0.1, -0.05) is 0 Å². The Morgan fingerprint density at radius 2 is 2.21 bits per heavy atom. The second-order valence-corrected chi connectivity index (χ2v) is 4.23. The molecule has 0 amide bonds. The summed E-state index contributed by atoms with van der Waals surface area (Å²) < 4.78 is 5.18. The number of aryl methyl sites for hydroxylation is 1. The third-order valence-corrected chi connectivity index (χ3v) is 3.02. The molecular formula is C11H16O2S. The van der Waals surface area contributed by atoms with Gasteiger partial charge in [0.15, 0.2) is 0 Å². The van der Waals surface area contributed by atoms with Gasteiger partial charge in [-0.25, -0.2) is 0 Å². The molecule has 0 fully saturated rings. The smallest absolute Gasteiger partial charge is 0.121 e. The third kappa shape index (κ3) is 3.24. The van der Waals surface area contributed by atoms with Gasteiger partial charge in [-0.05, 0) is 37.1 Å². The van der Waals surface area contributed by atoms with Gasteiger partial charge in [-0.15, -0.1) is 11.8 Å². The highest BCUT2D eigenvalue weighted by molar-refractivity contribution is 7.99. The van der Waals surface area contributed by atoms with Crippen LogP contribution in [0.25, 0.3) is 0 Å². The van der Waals surface area contributed by atoms with Gasteiger partial charge in [-0.3, -0.25) is 0 Å². The zero-order chi connectivity index (χ0) is 10.4. The Bertz CT molecular complexity index is 287. The summed E-state index contributed by atoms with van der Waals surface area (Å²) in [6.07, 6.45) is 0.843. The first kappa shape index (κ1) is 11.4. The molecule has 0 atom stereocenters. The van der Waals surface area contributed by atoms with Crippen LogP contribution in [0.2, 0.25) is 0 Å². The zero-order valence-corrected chi connectivity index (χ0v) is 9.43. The van der Waals surface area contributed by atoms with E-state index in [9.17, 15) is 0 Å². The lowest BCUT2D eigenvalue weighted by Crippen LogP contribution is -1.88. The van der Waals surface area contributed by atoms with Crippen LogP contribution in [0.4, 0.5) is 0 Å². The minimum atomic E-state index is 0.266. The quantitative estimate of drug-likeness (QED) is 0.600. The number of hydrogen-bond donors (Lipinski definition) is 1. The van der Waals surface area contributed by atoms with Crippen molar-refractivity contribution in [1.82, 2.24) is 0 Å². The molecule has 1 aromatic rings. The van der Waals surface area contributed by atoms with E-state index in [1.54, 1.807) is 18.9 Å². The van der Waals surface area contributed by atoms with E-state index in [1.165, 1.54) is 4.90 Å². The molecule has 78 valence electrons. The Balaban J connectivity index is 2.57. The Labute approximate surface area is 89.3 Å². The van der Waals surface area contributed by atoms with Crippen molar-refractivity contribution in [3.63, 3.8) is 0 Å². The van der Waals surface area contributed by atoms with Crippen molar-refractivity contribution in [2.24, 2.45) is 0 Å². The molecule has 0 bridgehead atoms. The van der Waals surface area contributed by atoms with E-state index in [0.717, 1.165) is 23.5 Å². The van der Waals surface area contributed by atoms with Crippen LogP contribution in [0.3, 0.4) is 0 Å². The van der Waals surface area contributed by atoms with Gasteiger partial charge >= 0.3 is 0 Å². The van der Waals surface area contributed by atoms with Gasteiger partial charge in [0, 0.05) is 17.3 Å². The fourth-order valence-corrected chi connectivity index (χ4v) is 2.13. The van der Waals surface area contributed by atoms with Crippen molar-refractivity contribution in [3.8, 4) is 5.75 Å². The Morgan fingerprint density at radius 1 is 1.43 bits per heavy atom. The summed E-state index contributed by atoms with van der Waals surface area (Å²) in [6.45, 7) is 2.30. The number of benzene rings is 1. The molecule has 0 spiro atoms. The Kier molecular flexibility index (Phi) is 4.84. The summed E-state index contributed by atoms with van der Waals surface area (Å²) in [7, 11) is 1.68. The molecule has 14 heavy (non-hydrogen) atoms. The van der Waals surface area contributed by atoms with Gasteiger partial charge in [0.1, 0.15) is 5.75 Å². The zero-order valence-electron chi connectivity index (χ0n) is 8.62. The minimum Gasteiger partial charge on any atom is -0.496 e. The molecule has 0 radical (unpaired) electrons. The maximum Gasteiger partial charge on any atom is 0.121 e. The van der Waals surface area contributed by atoms with Crippen molar-refractivity contribution >= 4 is 11.8 Å². The molecule has 1 N–H and O–H groups in total. The fraction of sp³-hybridized carbons (Fsp3) is 0.455. The Hall–Kier alpha value is -0.670. The van der Waals surface area contributed by atoms with Crippen LogP contribution in [0, 0.1) is 6.92 Å². The number of thioether (sulfide) groups is 1. The topological polar surface area (TPSA) is 29.5 Å². The molecule has 2 nitrogen and oxygen atoms in total. The highest BCUT2D eigenvalue weighted by Gasteiger charge is 1.99. The lowest BCUT2D eigenvalue weighted by molar-refractivity contribution is 0.296. The highest BCUT2D eigenvalue weighted by atomic mass is 32.2. The maximum atomic E-state index is 8.65. The van der Waals surface area contributed by atoms with E-state index < -0.39 is 0 Å². The maximum absolute atomic E-state index is 8.65. The average Bonchev–Trinajstić information content (AvgIpc) is 2.18. The van der Waals surface area contributed by atoms with E-state index in [-0.39, 0.29) is 6.61 Å². The third-order valence-electron chi connectivity index (χ3n) is 1.94. The van der Waals surface area contributed by atoms with Gasteiger partial charge in [-0.2, -0.15) is 0 Å². The number of rotatable bonds is 5. The van der Waals surface area contributed by atoms with Gasteiger partial charge in [0.2, 0.25) is 0 Å². The lowest BCUT2D eigenvalue weighted by Gasteiger charge is -2.06. The van der Waals surface area contributed by atoms with E-state index in [4.69, 9.17) is 9.84 Å². The largest absolute Gasteiger partial charge is 0.496 e. The summed E-state index contributed by atoms with van der Waals surface area (Å²) in [5, 5.41) is 8.65. The van der Waals surface area contributed by atoms with Gasteiger partial charge in [0.05, 0.1) is 7.11 Å². The van der Waals surface area contributed by atoms with Crippen LogP contribution in [-0.4, -0.2) is 24.6 Å². The Morgan fingerprint density at radius 3 is 2.79 bits per heavy atom. The molecule has 0 aliphatic heterocycles. The molecule has 0 heterocycles. The molecule has 1 aromatic carbocycles. The first-order chi connectivity index (χ1) is 6.77. The van der Waals surface area contributed by atoms with Crippen molar-refractivity contribution in [3.05, 3.63) is 23.8 Å². The van der Waals surface area contributed by atoms with Crippen molar-refractivity contribution in [2.75, 3.05) is 19.5 Å². The summed E-state index contributed by atoms with van der Waals surface area (Å²) in [4.78, 5) is 1.23. The molecule has 0 aliphatic carbocycles. The molecule has 0 unspecified atom stereocenters. The van der Waals surface area contributed by atoms with Crippen molar-refractivity contribution < 1.29 is 9.84 Å². The van der Waals surface area contributed by atoms with E-state index in [1.807, 2.05) is 19.1 Å². The van der Waals surface area contributed by atoms with E-state index in [0.29, 0.717) is 0 Å². The number of aliphatic hydroxyl groups is 1. The normalized spacial score (nSPS) is 10.2. The monoisotopic (exact) mass is 212 g/mol.